The maximum absolute atomic E-state index is 12.0. The normalized spacial score (nSPS) is 21.1. The Hall–Kier alpha value is -0.990. The van der Waals surface area contributed by atoms with Crippen LogP contribution in [0.3, 0.4) is 0 Å². The molecule has 1 aromatic heterocycles. The molecule has 0 amide bonds. The molecule has 1 aromatic rings. The standard InChI is InChI=1S/C10H19N5O2S/c1-15-8-12-10(14-15)4-6-13-18(16,17)9-3-2-5-11-7-9/h8-9,11,13H,2-7H2,1H3. The fourth-order valence-electron chi connectivity index (χ4n) is 2.01. The predicted octanol–water partition coefficient (Wildman–Crippen LogP) is -0.971. The first-order valence-electron chi connectivity index (χ1n) is 6.11. The lowest BCUT2D eigenvalue weighted by Crippen LogP contribution is -2.44. The molecule has 1 aliphatic rings. The van der Waals surface area contributed by atoms with Gasteiger partial charge in [-0.15, -0.1) is 0 Å². The third-order valence-electron chi connectivity index (χ3n) is 2.99. The van der Waals surface area contributed by atoms with Crippen molar-refractivity contribution >= 4 is 10.0 Å². The molecule has 0 aliphatic carbocycles. The molecule has 2 heterocycles. The first kappa shape index (κ1) is 13.4. The lowest BCUT2D eigenvalue weighted by Gasteiger charge is -2.22. The van der Waals surface area contributed by atoms with Gasteiger partial charge in [0, 0.05) is 26.6 Å². The highest BCUT2D eigenvalue weighted by Gasteiger charge is 2.26. The Morgan fingerprint density at radius 2 is 2.44 bits per heavy atom. The molecule has 7 nitrogen and oxygen atoms in total. The highest BCUT2D eigenvalue weighted by molar-refractivity contribution is 7.90. The zero-order chi connectivity index (χ0) is 13.0. The van der Waals surface area contributed by atoms with Gasteiger partial charge in [-0.3, -0.25) is 4.68 Å². The minimum absolute atomic E-state index is 0.317. The van der Waals surface area contributed by atoms with E-state index in [1.807, 2.05) is 0 Å². The maximum atomic E-state index is 12.0. The minimum Gasteiger partial charge on any atom is -0.315 e. The van der Waals surface area contributed by atoms with Gasteiger partial charge >= 0.3 is 0 Å². The first-order valence-corrected chi connectivity index (χ1v) is 7.66. The van der Waals surface area contributed by atoms with Crippen LogP contribution in [0.2, 0.25) is 0 Å². The van der Waals surface area contributed by atoms with E-state index < -0.39 is 10.0 Å². The molecular weight excluding hydrogens is 254 g/mol. The molecule has 102 valence electrons. The van der Waals surface area contributed by atoms with E-state index in [0.29, 0.717) is 25.3 Å². The summed E-state index contributed by atoms with van der Waals surface area (Å²) in [4.78, 5) is 4.05. The molecule has 1 aliphatic heterocycles. The molecule has 0 spiro atoms. The quantitative estimate of drug-likeness (QED) is 0.720. The SMILES string of the molecule is Cn1cnc(CCNS(=O)(=O)C2CCCNC2)n1. The van der Waals surface area contributed by atoms with Crippen LogP contribution in [0.1, 0.15) is 18.7 Å². The number of sulfonamides is 1. The summed E-state index contributed by atoms with van der Waals surface area (Å²) in [5.74, 6) is 0.655. The third-order valence-corrected chi connectivity index (χ3v) is 4.88. The molecule has 0 radical (unpaired) electrons. The third kappa shape index (κ3) is 3.50. The van der Waals surface area contributed by atoms with Crippen molar-refractivity contribution in [3.8, 4) is 0 Å². The molecule has 0 saturated carbocycles. The number of rotatable bonds is 5. The summed E-state index contributed by atoms with van der Waals surface area (Å²) in [5, 5.41) is 6.89. The Morgan fingerprint density at radius 1 is 1.61 bits per heavy atom. The zero-order valence-corrected chi connectivity index (χ0v) is 11.3. The number of hydrogen-bond acceptors (Lipinski definition) is 5. The zero-order valence-electron chi connectivity index (χ0n) is 10.5. The van der Waals surface area contributed by atoms with Crippen LogP contribution in [-0.2, 0) is 23.5 Å². The predicted molar refractivity (Wildman–Crippen MR) is 67.5 cm³/mol. The number of aromatic nitrogens is 3. The van der Waals surface area contributed by atoms with Crippen LogP contribution in [0.4, 0.5) is 0 Å². The van der Waals surface area contributed by atoms with E-state index in [1.54, 1.807) is 18.1 Å². The first-order chi connectivity index (χ1) is 8.58. The lowest BCUT2D eigenvalue weighted by atomic mass is 10.2. The highest BCUT2D eigenvalue weighted by atomic mass is 32.2. The number of hydrogen-bond donors (Lipinski definition) is 2. The summed E-state index contributed by atoms with van der Waals surface area (Å²) in [7, 11) is -1.44. The van der Waals surface area contributed by atoms with Crippen molar-refractivity contribution in [2.75, 3.05) is 19.6 Å². The molecule has 1 fully saturated rings. The molecule has 1 atom stereocenters. The van der Waals surface area contributed by atoms with Gasteiger partial charge in [-0.2, -0.15) is 5.10 Å². The van der Waals surface area contributed by atoms with Gasteiger partial charge in [0.2, 0.25) is 10.0 Å². The Morgan fingerprint density at radius 3 is 3.06 bits per heavy atom. The Bertz CT molecular complexity index is 478. The van der Waals surface area contributed by atoms with Crippen molar-refractivity contribution in [2.24, 2.45) is 7.05 Å². The fraction of sp³-hybridized carbons (Fsp3) is 0.800. The minimum atomic E-state index is -3.22. The van der Waals surface area contributed by atoms with Crippen LogP contribution in [0.25, 0.3) is 0 Å². The van der Waals surface area contributed by atoms with E-state index in [-0.39, 0.29) is 5.25 Å². The van der Waals surface area contributed by atoms with E-state index in [2.05, 4.69) is 20.1 Å². The van der Waals surface area contributed by atoms with E-state index in [4.69, 9.17) is 0 Å². The molecule has 0 bridgehead atoms. The number of nitrogens with zero attached hydrogens (tertiary/aromatic N) is 3. The van der Waals surface area contributed by atoms with E-state index >= 15 is 0 Å². The van der Waals surface area contributed by atoms with Gasteiger partial charge in [-0.1, -0.05) is 0 Å². The van der Waals surface area contributed by atoms with Crippen LogP contribution < -0.4 is 10.0 Å². The second-order valence-corrected chi connectivity index (χ2v) is 6.54. The molecule has 2 N–H and O–H groups in total. The maximum Gasteiger partial charge on any atom is 0.215 e. The van der Waals surface area contributed by atoms with Gasteiger partial charge in [0.1, 0.15) is 6.33 Å². The summed E-state index contributed by atoms with van der Waals surface area (Å²) < 4.78 is 28.2. The largest absolute Gasteiger partial charge is 0.315 e. The Labute approximate surface area is 107 Å². The molecular formula is C10H19N5O2S. The van der Waals surface area contributed by atoms with Crippen molar-refractivity contribution in [2.45, 2.75) is 24.5 Å². The van der Waals surface area contributed by atoms with Gasteiger partial charge in [0.25, 0.3) is 0 Å². The van der Waals surface area contributed by atoms with Crippen LogP contribution in [0.5, 0.6) is 0 Å². The van der Waals surface area contributed by atoms with E-state index in [9.17, 15) is 8.42 Å². The average molecular weight is 273 g/mol. The van der Waals surface area contributed by atoms with Gasteiger partial charge in [0.15, 0.2) is 5.82 Å². The van der Waals surface area contributed by atoms with Gasteiger partial charge in [-0.05, 0) is 19.4 Å². The Kier molecular flexibility index (Phi) is 4.31. The molecule has 2 rings (SSSR count). The molecule has 1 unspecified atom stereocenters. The van der Waals surface area contributed by atoms with Crippen LogP contribution in [0, 0.1) is 0 Å². The van der Waals surface area contributed by atoms with Crippen molar-refractivity contribution in [3.05, 3.63) is 12.2 Å². The summed E-state index contributed by atoms with van der Waals surface area (Å²) in [6, 6.07) is 0. The van der Waals surface area contributed by atoms with Crippen LogP contribution in [0.15, 0.2) is 6.33 Å². The molecule has 1 saturated heterocycles. The Balaban J connectivity index is 1.81. The van der Waals surface area contributed by atoms with Crippen molar-refractivity contribution < 1.29 is 8.42 Å². The molecule has 18 heavy (non-hydrogen) atoms. The van der Waals surface area contributed by atoms with Crippen molar-refractivity contribution in [3.63, 3.8) is 0 Å². The van der Waals surface area contributed by atoms with Gasteiger partial charge in [-0.25, -0.2) is 18.1 Å². The molecule has 8 heteroatoms. The summed E-state index contributed by atoms with van der Waals surface area (Å²) >= 11 is 0. The number of aryl methyl sites for hydroxylation is 1. The number of nitrogens with one attached hydrogen (secondary N) is 2. The van der Waals surface area contributed by atoms with Crippen molar-refractivity contribution in [1.82, 2.24) is 24.8 Å². The second kappa shape index (κ2) is 5.77. The van der Waals surface area contributed by atoms with Crippen molar-refractivity contribution in [1.29, 1.82) is 0 Å². The van der Waals surface area contributed by atoms with E-state index in [0.717, 1.165) is 19.4 Å². The average Bonchev–Trinajstić information content (AvgIpc) is 2.76. The second-order valence-electron chi connectivity index (χ2n) is 4.49. The summed E-state index contributed by atoms with van der Waals surface area (Å²) in [6.45, 7) is 1.80. The van der Waals surface area contributed by atoms with Gasteiger partial charge < -0.3 is 5.32 Å². The van der Waals surface area contributed by atoms with Crippen LogP contribution >= 0.6 is 0 Å². The monoisotopic (exact) mass is 273 g/mol. The van der Waals surface area contributed by atoms with Crippen LogP contribution in [-0.4, -0.2) is 48.1 Å². The van der Waals surface area contributed by atoms with Gasteiger partial charge in [0.05, 0.1) is 5.25 Å². The smallest absolute Gasteiger partial charge is 0.215 e. The van der Waals surface area contributed by atoms with E-state index in [1.165, 1.54) is 0 Å². The fourth-order valence-corrected chi connectivity index (χ4v) is 3.44. The number of piperidine rings is 1. The lowest BCUT2D eigenvalue weighted by molar-refractivity contribution is 0.490. The topological polar surface area (TPSA) is 88.9 Å². The molecule has 0 aromatic carbocycles. The summed E-state index contributed by atoms with van der Waals surface area (Å²) in [6.07, 6.45) is 3.76. The summed E-state index contributed by atoms with van der Waals surface area (Å²) in [5.41, 5.74) is 0. The highest BCUT2D eigenvalue weighted by Crippen LogP contribution is 2.10.